The molecular weight excluding hydrogens is 236 g/mol. The van der Waals surface area contributed by atoms with Crippen molar-refractivity contribution < 1.29 is 5.11 Å². The van der Waals surface area contributed by atoms with Gasteiger partial charge < -0.3 is 14.7 Å². The van der Waals surface area contributed by atoms with Gasteiger partial charge in [-0.2, -0.15) is 0 Å². The third-order valence-corrected chi connectivity index (χ3v) is 3.99. The fraction of sp³-hybridized carbons (Fsp3) is 0.417. The molecule has 4 nitrogen and oxygen atoms in total. The van der Waals surface area contributed by atoms with Gasteiger partial charge in [0.25, 0.3) is 0 Å². The first-order chi connectivity index (χ1) is 8.24. The lowest BCUT2D eigenvalue weighted by Crippen LogP contribution is -2.12. The van der Waals surface area contributed by atoms with Crippen LogP contribution in [0.4, 0.5) is 0 Å². The van der Waals surface area contributed by atoms with Gasteiger partial charge in [0, 0.05) is 28.5 Å². The number of hydrogen-bond acceptors (Lipinski definition) is 3. The van der Waals surface area contributed by atoms with E-state index in [2.05, 4.69) is 9.55 Å². The normalized spacial score (nSPS) is 19.2. The minimum atomic E-state index is -0.318. The lowest BCUT2D eigenvalue weighted by molar-refractivity contribution is 0.155. The lowest BCUT2D eigenvalue weighted by atomic mass is 9.95. The number of aliphatic hydroxyl groups excluding tert-OH is 1. The molecule has 3 rings (SSSR count). The summed E-state index contributed by atoms with van der Waals surface area (Å²) in [4.78, 5) is 13.9. The highest BCUT2D eigenvalue weighted by molar-refractivity contribution is 7.07. The fourth-order valence-corrected chi connectivity index (χ4v) is 3.03. The Morgan fingerprint density at radius 3 is 3.24 bits per heavy atom. The SMILES string of the molecule is O=c1[nH]c(Cn2ccc3c2CCCC3O)cs1. The van der Waals surface area contributed by atoms with Crippen LogP contribution in [0.5, 0.6) is 0 Å². The number of hydrogen-bond donors (Lipinski definition) is 2. The molecule has 0 saturated heterocycles. The van der Waals surface area contributed by atoms with Gasteiger partial charge in [-0.1, -0.05) is 11.3 Å². The monoisotopic (exact) mass is 250 g/mol. The van der Waals surface area contributed by atoms with E-state index in [-0.39, 0.29) is 11.0 Å². The molecule has 0 saturated carbocycles. The maximum absolute atomic E-state index is 11.1. The molecule has 0 amide bonds. The van der Waals surface area contributed by atoms with Crippen molar-refractivity contribution in [1.29, 1.82) is 0 Å². The zero-order chi connectivity index (χ0) is 11.8. The van der Waals surface area contributed by atoms with Crippen molar-refractivity contribution in [3.8, 4) is 0 Å². The summed E-state index contributed by atoms with van der Waals surface area (Å²) in [6.07, 6.45) is 4.56. The molecule has 1 atom stereocenters. The van der Waals surface area contributed by atoms with E-state index >= 15 is 0 Å². The van der Waals surface area contributed by atoms with E-state index in [1.807, 2.05) is 17.6 Å². The Balaban J connectivity index is 1.91. The van der Waals surface area contributed by atoms with Crippen molar-refractivity contribution in [3.05, 3.63) is 44.3 Å². The first kappa shape index (κ1) is 10.8. The topological polar surface area (TPSA) is 58.0 Å². The Hall–Kier alpha value is -1.33. The van der Waals surface area contributed by atoms with Crippen LogP contribution in [-0.2, 0) is 13.0 Å². The van der Waals surface area contributed by atoms with Crippen molar-refractivity contribution in [2.24, 2.45) is 0 Å². The summed E-state index contributed by atoms with van der Waals surface area (Å²) in [5, 5.41) is 11.7. The van der Waals surface area contributed by atoms with Gasteiger partial charge in [0.15, 0.2) is 0 Å². The average Bonchev–Trinajstić information content (AvgIpc) is 2.88. The average molecular weight is 250 g/mol. The quantitative estimate of drug-likeness (QED) is 0.851. The molecule has 2 N–H and O–H groups in total. The van der Waals surface area contributed by atoms with E-state index in [4.69, 9.17) is 0 Å². The molecule has 5 heteroatoms. The van der Waals surface area contributed by atoms with Crippen LogP contribution in [-0.4, -0.2) is 14.7 Å². The lowest BCUT2D eigenvalue weighted by Gasteiger charge is -2.19. The summed E-state index contributed by atoms with van der Waals surface area (Å²) in [6, 6.07) is 1.99. The molecule has 2 aromatic heterocycles. The van der Waals surface area contributed by atoms with Gasteiger partial charge in [-0.05, 0) is 25.3 Å². The van der Waals surface area contributed by atoms with Gasteiger partial charge in [0.1, 0.15) is 0 Å². The minimum Gasteiger partial charge on any atom is -0.388 e. The number of thiazole rings is 1. The van der Waals surface area contributed by atoms with Gasteiger partial charge in [-0.3, -0.25) is 4.79 Å². The minimum absolute atomic E-state index is 0.0129. The third kappa shape index (κ3) is 1.96. The molecule has 1 unspecified atom stereocenters. The standard InChI is InChI=1S/C12H14N2O2S/c15-11-3-1-2-10-9(11)4-5-14(10)6-8-7-17-12(16)13-8/h4-5,7,11,15H,1-3,6H2,(H,13,16). The molecule has 0 aliphatic heterocycles. The Bertz CT molecular complexity index is 581. The predicted octanol–water partition coefficient (Wildman–Crippen LogP) is 1.66. The Kier molecular flexibility index (Phi) is 2.64. The second kappa shape index (κ2) is 4.16. The second-order valence-corrected chi connectivity index (χ2v) is 5.27. The summed E-state index contributed by atoms with van der Waals surface area (Å²) in [7, 11) is 0. The summed E-state index contributed by atoms with van der Waals surface area (Å²) >= 11 is 1.19. The highest BCUT2D eigenvalue weighted by Crippen LogP contribution is 2.30. The third-order valence-electron chi connectivity index (χ3n) is 3.28. The Labute approximate surface area is 103 Å². The van der Waals surface area contributed by atoms with Crippen LogP contribution < -0.4 is 4.87 Å². The maximum atomic E-state index is 11.1. The number of aromatic nitrogens is 2. The van der Waals surface area contributed by atoms with Crippen molar-refractivity contribution in [2.45, 2.75) is 31.9 Å². The first-order valence-electron chi connectivity index (χ1n) is 5.76. The predicted molar refractivity (Wildman–Crippen MR) is 66.4 cm³/mol. The van der Waals surface area contributed by atoms with Crippen LogP contribution >= 0.6 is 11.3 Å². The smallest absolute Gasteiger partial charge is 0.304 e. The van der Waals surface area contributed by atoms with E-state index in [0.717, 1.165) is 30.5 Å². The maximum Gasteiger partial charge on any atom is 0.304 e. The summed E-state index contributed by atoms with van der Waals surface area (Å²) < 4.78 is 2.12. The van der Waals surface area contributed by atoms with E-state index < -0.39 is 0 Å². The van der Waals surface area contributed by atoms with Crippen LogP contribution in [0.2, 0.25) is 0 Å². The van der Waals surface area contributed by atoms with Gasteiger partial charge in [-0.15, -0.1) is 0 Å². The molecule has 1 aliphatic carbocycles. The molecule has 0 radical (unpaired) electrons. The highest BCUT2D eigenvalue weighted by Gasteiger charge is 2.21. The zero-order valence-corrected chi connectivity index (χ0v) is 10.2. The van der Waals surface area contributed by atoms with E-state index in [1.54, 1.807) is 0 Å². The Morgan fingerprint density at radius 2 is 2.47 bits per heavy atom. The number of aliphatic hydroxyl groups is 1. The summed E-state index contributed by atoms with van der Waals surface area (Å²) in [5.41, 5.74) is 3.18. The summed E-state index contributed by atoms with van der Waals surface area (Å²) in [6.45, 7) is 0.681. The highest BCUT2D eigenvalue weighted by atomic mass is 32.1. The molecule has 2 aromatic rings. The summed E-state index contributed by atoms with van der Waals surface area (Å²) in [5.74, 6) is 0. The van der Waals surface area contributed by atoms with E-state index in [0.29, 0.717) is 6.54 Å². The van der Waals surface area contributed by atoms with Crippen molar-refractivity contribution >= 4 is 11.3 Å². The number of fused-ring (bicyclic) bond motifs is 1. The molecule has 17 heavy (non-hydrogen) atoms. The molecule has 1 aliphatic rings. The number of rotatable bonds is 2. The molecule has 0 spiro atoms. The Morgan fingerprint density at radius 1 is 1.59 bits per heavy atom. The largest absolute Gasteiger partial charge is 0.388 e. The van der Waals surface area contributed by atoms with Gasteiger partial charge in [-0.25, -0.2) is 0 Å². The molecule has 0 bridgehead atoms. The van der Waals surface area contributed by atoms with Crippen LogP contribution in [0.15, 0.2) is 22.4 Å². The van der Waals surface area contributed by atoms with Crippen molar-refractivity contribution in [2.75, 3.05) is 0 Å². The molecule has 2 heterocycles. The van der Waals surface area contributed by atoms with Crippen LogP contribution in [0.1, 0.15) is 35.9 Å². The second-order valence-electron chi connectivity index (χ2n) is 4.43. The number of aromatic amines is 1. The van der Waals surface area contributed by atoms with E-state index in [9.17, 15) is 9.90 Å². The molecule has 90 valence electrons. The first-order valence-corrected chi connectivity index (χ1v) is 6.64. The van der Waals surface area contributed by atoms with Crippen LogP contribution in [0.3, 0.4) is 0 Å². The number of nitrogens with one attached hydrogen (secondary N) is 1. The molecule has 0 fully saturated rings. The van der Waals surface area contributed by atoms with Crippen LogP contribution in [0, 0.1) is 0 Å². The van der Waals surface area contributed by atoms with Crippen molar-refractivity contribution in [3.63, 3.8) is 0 Å². The van der Waals surface area contributed by atoms with E-state index in [1.165, 1.54) is 17.0 Å². The van der Waals surface area contributed by atoms with Gasteiger partial charge >= 0.3 is 4.87 Å². The number of nitrogens with zero attached hydrogens (tertiary/aromatic N) is 1. The van der Waals surface area contributed by atoms with Gasteiger partial charge in [0.2, 0.25) is 0 Å². The van der Waals surface area contributed by atoms with Crippen LogP contribution in [0.25, 0.3) is 0 Å². The molecule has 0 aromatic carbocycles. The van der Waals surface area contributed by atoms with Gasteiger partial charge in [0.05, 0.1) is 12.6 Å². The molecular formula is C12H14N2O2S. The number of H-pyrrole nitrogens is 1. The zero-order valence-electron chi connectivity index (χ0n) is 9.35. The fourth-order valence-electron chi connectivity index (χ4n) is 2.46. The van der Waals surface area contributed by atoms with Crippen molar-refractivity contribution in [1.82, 2.24) is 9.55 Å².